The molecule has 1 aliphatic heterocycles. The van der Waals surface area contributed by atoms with Crippen LogP contribution in [-0.2, 0) is 0 Å². The van der Waals surface area contributed by atoms with Gasteiger partial charge in [0.1, 0.15) is 13.2 Å². The van der Waals surface area contributed by atoms with Crippen LogP contribution in [0.15, 0.2) is 23.1 Å². The van der Waals surface area contributed by atoms with E-state index in [-0.39, 0.29) is 0 Å². The van der Waals surface area contributed by atoms with Gasteiger partial charge in [-0.1, -0.05) is 25.7 Å². The number of nitrogens with one attached hydrogen (secondary N) is 1. The van der Waals surface area contributed by atoms with E-state index in [1.165, 1.54) is 43.4 Å². The van der Waals surface area contributed by atoms with Crippen LogP contribution < -0.4 is 14.8 Å². The first kappa shape index (κ1) is 15.0. The minimum absolute atomic E-state index is 0.657. The maximum absolute atomic E-state index is 5.63. The molecular formula is C17H25NO2S. The number of hydrogen-bond acceptors (Lipinski definition) is 4. The Hall–Kier alpha value is -0.870. The molecule has 1 saturated carbocycles. The highest BCUT2D eigenvalue weighted by Crippen LogP contribution is 2.34. The monoisotopic (exact) mass is 307 g/mol. The average molecular weight is 307 g/mol. The van der Waals surface area contributed by atoms with Gasteiger partial charge in [-0.05, 0) is 31.0 Å². The third kappa shape index (κ3) is 4.55. The Balaban J connectivity index is 1.40. The molecule has 0 saturated heterocycles. The first-order valence-electron chi connectivity index (χ1n) is 8.18. The molecule has 0 atom stereocenters. The van der Waals surface area contributed by atoms with Gasteiger partial charge in [-0.2, -0.15) is 0 Å². The Morgan fingerprint density at radius 3 is 2.57 bits per heavy atom. The molecule has 0 unspecified atom stereocenters. The van der Waals surface area contributed by atoms with Gasteiger partial charge in [0.2, 0.25) is 0 Å². The highest BCUT2D eigenvalue weighted by molar-refractivity contribution is 7.99. The van der Waals surface area contributed by atoms with Crippen molar-refractivity contribution in [3.05, 3.63) is 18.2 Å². The van der Waals surface area contributed by atoms with E-state index < -0.39 is 0 Å². The van der Waals surface area contributed by atoms with Gasteiger partial charge in [-0.15, -0.1) is 11.8 Å². The summed E-state index contributed by atoms with van der Waals surface area (Å²) in [6.45, 7) is 2.40. The van der Waals surface area contributed by atoms with Crippen LogP contribution in [0.25, 0.3) is 0 Å². The van der Waals surface area contributed by atoms with Gasteiger partial charge in [0.05, 0.1) is 0 Å². The van der Waals surface area contributed by atoms with Crippen molar-refractivity contribution >= 4 is 11.8 Å². The first-order chi connectivity index (χ1) is 10.4. The van der Waals surface area contributed by atoms with Crippen molar-refractivity contribution in [3.63, 3.8) is 0 Å². The molecule has 1 aromatic rings. The second kappa shape index (κ2) is 7.95. The maximum Gasteiger partial charge on any atom is 0.162 e. The molecule has 3 rings (SSSR count). The molecule has 3 nitrogen and oxygen atoms in total. The highest BCUT2D eigenvalue weighted by Gasteiger charge is 2.13. The first-order valence-corrected chi connectivity index (χ1v) is 9.16. The minimum Gasteiger partial charge on any atom is -0.486 e. The maximum atomic E-state index is 5.63. The summed E-state index contributed by atoms with van der Waals surface area (Å²) in [4.78, 5) is 1.27. The van der Waals surface area contributed by atoms with E-state index >= 15 is 0 Å². The lowest BCUT2D eigenvalue weighted by molar-refractivity contribution is 0.171. The van der Waals surface area contributed by atoms with Crippen molar-refractivity contribution in [1.29, 1.82) is 0 Å². The molecule has 2 aliphatic rings. The smallest absolute Gasteiger partial charge is 0.162 e. The van der Waals surface area contributed by atoms with Gasteiger partial charge < -0.3 is 14.8 Å². The predicted octanol–water partition coefficient (Wildman–Crippen LogP) is 3.86. The minimum atomic E-state index is 0.657. The number of hydrogen-bond donors (Lipinski definition) is 1. The fourth-order valence-corrected chi connectivity index (χ4v) is 3.84. The number of fused-ring (bicyclic) bond motifs is 1. The average Bonchev–Trinajstić information content (AvgIpc) is 2.80. The molecule has 0 aromatic heterocycles. The summed E-state index contributed by atoms with van der Waals surface area (Å²) in [5.41, 5.74) is 0. The van der Waals surface area contributed by atoms with Gasteiger partial charge >= 0.3 is 0 Å². The molecule has 1 N–H and O–H groups in total. The van der Waals surface area contributed by atoms with Crippen LogP contribution in [0.3, 0.4) is 0 Å². The topological polar surface area (TPSA) is 30.5 Å². The van der Waals surface area contributed by atoms with Crippen molar-refractivity contribution in [2.75, 3.05) is 25.5 Å². The fourth-order valence-electron chi connectivity index (χ4n) is 3.03. The summed E-state index contributed by atoms with van der Waals surface area (Å²) < 4.78 is 11.2. The standard InChI is InChI=1S/C17H25NO2S/c1-2-4-6-14(5-3-1)18-9-12-21-15-7-8-16-17(13-15)20-11-10-19-16/h7-8,13-14,18H,1-6,9-12H2. The number of thioether (sulfide) groups is 1. The molecule has 21 heavy (non-hydrogen) atoms. The van der Waals surface area contributed by atoms with Crippen LogP contribution in [0.2, 0.25) is 0 Å². The quantitative estimate of drug-likeness (QED) is 0.508. The van der Waals surface area contributed by atoms with Crippen molar-refractivity contribution in [2.45, 2.75) is 49.5 Å². The lowest BCUT2D eigenvalue weighted by Crippen LogP contribution is -2.30. The molecule has 1 heterocycles. The molecule has 0 amide bonds. The summed E-state index contributed by atoms with van der Waals surface area (Å²) in [5, 5.41) is 3.72. The van der Waals surface area contributed by atoms with E-state index in [9.17, 15) is 0 Å². The van der Waals surface area contributed by atoms with Crippen LogP contribution in [0.4, 0.5) is 0 Å². The van der Waals surface area contributed by atoms with Crippen molar-refractivity contribution in [3.8, 4) is 11.5 Å². The molecular weight excluding hydrogens is 282 g/mol. The summed E-state index contributed by atoms with van der Waals surface area (Å²) in [5.74, 6) is 2.88. The van der Waals surface area contributed by atoms with E-state index in [0.29, 0.717) is 13.2 Å². The van der Waals surface area contributed by atoms with Crippen LogP contribution in [0.5, 0.6) is 11.5 Å². The van der Waals surface area contributed by atoms with Gasteiger partial charge in [0.15, 0.2) is 11.5 Å². The Kier molecular flexibility index (Phi) is 5.69. The zero-order valence-electron chi connectivity index (χ0n) is 12.6. The van der Waals surface area contributed by atoms with Gasteiger partial charge in [-0.25, -0.2) is 0 Å². The number of ether oxygens (including phenoxy) is 2. The summed E-state index contributed by atoms with van der Waals surface area (Å²) >= 11 is 1.89. The fraction of sp³-hybridized carbons (Fsp3) is 0.647. The summed E-state index contributed by atoms with van der Waals surface area (Å²) in [6.07, 6.45) is 8.34. The Bertz CT molecular complexity index is 444. The van der Waals surface area contributed by atoms with Crippen molar-refractivity contribution < 1.29 is 9.47 Å². The molecule has 4 heteroatoms. The van der Waals surface area contributed by atoms with Crippen molar-refractivity contribution in [1.82, 2.24) is 5.32 Å². The van der Waals surface area contributed by atoms with Crippen LogP contribution in [0, 0.1) is 0 Å². The Labute approximate surface area is 131 Å². The Morgan fingerprint density at radius 2 is 1.76 bits per heavy atom. The summed E-state index contributed by atoms with van der Waals surface area (Å²) in [6, 6.07) is 7.00. The third-order valence-electron chi connectivity index (χ3n) is 4.17. The second-order valence-electron chi connectivity index (χ2n) is 5.80. The molecule has 0 radical (unpaired) electrons. The molecule has 0 bridgehead atoms. The zero-order chi connectivity index (χ0) is 14.3. The predicted molar refractivity (Wildman–Crippen MR) is 87.6 cm³/mol. The SMILES string of the molecule is c1cc2c(cc1SCCNC1CCCCCC1)OCCO2. The lowest BCUT2D eigenvalue weighted by Gasteiger charge is -2.19. The van der Waals surface area contributed by atoms with Crippen LogP contribution >= 0.6 is 11.8 Å². The Morgan fingerprint density at radius 1 is 1.00 bits per heavy atom. The van der Waals surface area contributed by atoms with Crippen LogP contribution in [0.1, 0.15) is 38.5 Å². The lowest BCUT2D eigenvalue weighted by atomic mass is 10.1. The van der Waals surface area contributed by atoms with E-state index in [2.05, 4.69) is 17.4 Å². The molecule has 116 valence electrons. The van der Waals surface area contributed by atoms with Gasteiger partial charge in [0, 0.05) is 23.2 Å². The highest BCUT2D eigenvalue weighted by atomic mass is 32.2. The molecule has 1 aromatic carbocycles. The molecule has 0 spiro atoms. The molecule has 1 aliphatic carbocycles. The third-order valence-corrected chi connectivity index (χ3v) is 5.17. The van der Waals surface area contributed by atoms with E-state index in [1.54, 1.807) is 0 Å². The van der Waals surface area contributed by atoms with E-state index in [1.807, 2.05) is 17.8 Å². The molecule has 1 fully saturated rings. The van der Waals surface area contributed by atoms with Crippen LogP contribution in [-0.4, -0.2) is 31.6 Å². The second-order valence-corrected chi connectivity index (χ2v) is 6.96. The normalized spacial score (nSPS) is 19.2. The summed E-state index contributed by atoms with van der Waals surface area (Å²) in [7, 11) is 0. The van der Waals surface area contributed by atoms with Crippen molar-refractivity contribution in [2.24, 2.45) is 0 Å². The van der Waals surface area contributed by atoms with E-state index in [0.717, 1.165) is 29.8 Å². The largest absolute Gasteiger partial charge is 0.486 e. The zero-order valence-corrected chi connectivity index (χ0v) is 13.4. The number of rotatable bonds is 5. The van der Waals surface area contributed by atoms with Gasteiger partial charge in [0.25, 0.3) is 0 Å². The van der Waals surface area contributed by atoms with E-state index in [4.69, 9.17) is 9.47 Å². The van der Waals surface area contributed by atoms with Gasteiger partial charge in [-0.3, -0.25) is 0 Å². The number of benzene rings is 1.